The third kappa shape index (κ3) is 4.95. The quantitative estimate of drug-likeness (QED) is 0.848. The summed E-state index contributed by atoms with van der Waals surface area (Å²) in [5, 5.41) is 2.86. The van der Waals surface area contributed by atoms with Crippen molar-refractivity contribution < 1.29 is 19.1 Å². The van der Waals surface area contributed by atoms with E-state index in [0.717, 1.165) is 11.3 Å². The normalized spacial score (nSPS) is 16.2. The van der Waals surface area contributed by atoms with Gasteiger partial charge < -0.3 is 19.7 Å². The van der Waals surface area contributed by atoms with Gasteiger partial charge in [-0.05, 0) is 25.0 Å². The van der Waals surface area contributed by atoms with Crippen LogP contribution in [-0.2, 0) is 20.7 Å². The van der Waals surface area contributed by atoms with Gasteiger partial charge in [-0.2, -0.15) is 0 Å². The second-order valence-electron chi connectivity index (χ2n) is 7.01. The van der Waals surface area contributed by atoms with Gasteiger partial charge in [-0.15, -0.1) is 0 Å². The molecule has 1 saturated heterocycles. The Morgan fingerprint density at radius 1 is 1.28 bits per heavy atom. The van der Waals surface area contributed by atoms with Gasteiger partial charge in [0.1, 0.15) is 11.8 Å². The predicted octanol–water partition coefficient (Wildman–Crippen LogP) is 1.63. The van der Waals surface area contributed by atoms with E-state index in [9.17, 15) is 9.59 Å². The van der Waals surface area contributed by atoms with Gasteiger partial charge in [0, 0.05) is 18.5 Å². The molecule has 138 valence electrons. The predicted molar refractivity (Wildman–Crippen MR) is 95.5 cm³/mol. The molecule has 25 heavy (non-hydrogen) atoms. The molecule has 1 aromatic carbocycles. The average Bonchev–Trinajstić information content (AvgIpc) is 2.61. The number of carbonyl (C=O) groups excluding carboxylic acids is 2. The van der Waals surface area contributed by atoms with Gasteiger partial charge in [0.05, 0.1) is 20.3 Å². The lowest BCUT2D eigenvalue weighted by atomic mass is 9.84. The maximum Gasteiger partial charge on any atom is 0.245 e. The van der Waals surface area contributed by atoms with Gasteiger partial charge in [-0.25, -0.2) is 0 Å². The van der Waals surface area contributed by atoms with Crippen LogP contribution < -0.4 is 10.1 Å². The SMILES string of the molecule is COc1ccccc1CC(C)(C)C(=O)NC(C)C(=O)N1CCOCC1. The zero-order valence-corrected chi connectivity index (χ0v) is 15.5. The van der Waals surface area contributed by atoms with Crippen molar-refractivity contribution >= 4 is 11.8 Å². The van der Waals surface area contributed by atoms with E-state index in [1.165, 1.54) is 0 Å². The maximum absolute atomic E-state index is 12.7. The van der Waals surface area contributed by atoms with Crippen molar-refractivity contribution in [1.82, 2.24) is 10.2 Å². The van der Waals surface area contributed by atoms with Crippen molar-refractivity contribution in [2.75, 3.05) is 33.4 Å². The Balaban J connectivity index is 1.98. The first-order valence-corrected chi connectivity index (χ1v) is 8.64. The second-order valence-corrected chi connectivity index (χ2v) is 7.01. The summed E-state index contributed by atoms with van der Waals surface area (Å²) in [5.74, 6) is 0.554. The number of hydrogen-bond acceptors (Lipinski definition) is 4. The Morgan fingerprint density at radius 2 is 1.92 bits per heavy atom. The number of methoxy groups -OCH3 is 1. The fraction of sp³-hybridized carbons (Fsp3) is 0.579. The Kier molecular flexibility index (Phi) is 6.42. The van der Waals surface area contributed by atoms with Gasteiger partial charge in [0.2, 0.25) is 11.8 Å². The Morgan fingerprint density at radius 3 is 2.56 bits per heavy atom. The zero-order valence-electron chi connectivity index (χ0n) is 15.5. The van der Waals surface area contributed by atoms with Crippen LogP contribution in [0, 0.1) is 5.41 Å². The molecule has 0 bridgehead atoms. The van der Waals surface area contributed by atoms with E-state index in [4.69, 9.17) is 9.47 Å². The zero-order chi connectivity index (χ0) is 18.4. The molecule has 1 aromatic rings. The highest BCUT2D eigenvalue weighted by Gasteiger charge is 2.32. The number of carbonyl (C=O) groups is 2. The van der Waals surface area contributed by atoms with Gasteiger partial charge in [0.15, 0.2) is 0 Å². The maximum atomic E-state index is 12.7. The topological polar surface area (TPSA) is 67.9 Å². The van der Waals surface area contributed by atoms with Crippen LogP contribution in [0.3, 0.4) is 0 Å². The molecule has 1 unspecified atom stereocenters. The second kappa shape index (κ2) is 8.34. The molecule has 0 spiro atoms. The molecule has 2 amide bonds. The molecule has 1 N–H and O–H groups in total. The Hall–Kier alpha value is -2.08. The van der Waals surface area contributed by atoms with E-state index in [1.807, 2.05) is 38.1 Å². The summed E-state index contributed by atoms with van der Waals surface area (Å²) in [6.07, 6.45) is 0.529. The van der Waals surface area contributed by atoms with Gasteiger partial charge in [-0.3, -0.25) is 9.59 Å². The smallest absolute Gasteiger partial charge is 0.245 e. The highest BCUT2D eigenvalue weighted by molar-refractivity contribution is 5.89. The summed E-state index contributed by atoms with van der Waals surface area (Å²) >= 11 is 0. The van der Waals surface area contributed by atoms with Crippen molar-refractivity contribution in [2.24, 2.45) is 5.41 Å². The van der Waals surface area contributed by atoms with E-state index in [1.54, 1.807) is 18.9 Å². The van der Waals surface area contributed by atoms with Crippen molar-refractivity contribution in [3.8, 4) is 5.75 Å². The molecule has 1 aliphatic heterocycles. The van der Waals surface area contributed by atoms with E-state index >= 15 is 0 Å². The highest BCUT2D eigenvalue weighted by atomic mass is 16.5. The molecule has 6 nitrogen and oxygen atoms in total. The van der Waals surface area contributed by atoms with Gasteiger partial charge in [-0.1, -0.05) is 32.0 Å². The Labute approximate surface area is 149 Å². The van der Waals surface area contributed by atoms with Crippen molar-refractivity contribution in [2.45, 2.75) is 33.2 Å². The molecule has 0 aromatic heterocycles. The summed E-state index contributed by atoms with van der Waals surface area (Å²) in [7, 11) is 1.62. The van der Waals surface area contributed by atoms with Crippen LogP contribution >= 0.6 is 0 Å². The molecule has 6 heteroatoms. The van der Waals surface area contributed by atoms with Crippen LogP contribution in [0.5, 0.6) is 5.75 Å². The highest BCUT2D eigenvalue weighted by Crippen LogP contribution is 2.28. The summed E-state index contributed by atoms with van der Waals surface area (Å²) in [6, 6.07) is 7.11. The van der Waals surface area contributed by atoms with Crippen LogP contribution in [0.4, 0.5) is 0 Å². The number of benzene rings is 1. The van der Waals surface area contributed by atoms with Crippen LogP contribution in [0.2, 0.25) is 0 Å². The molecule has 0 aliphatic carbocycles. The first kappa shape index (κ1) is 19.2. The lowest BCUT2D eigenvalue weighted by Gasteiger charge is -2.31. The lowest BCUT2D eigenvalue weighted by molar-refractivity contribution is -0.141. The number of hydrogen-bond donors (Lipinski definition) is 1. The third-order valence-electron chi connectivity index (χ3n) is 4.48. The fourth-order valence-corrected chi connectivity index (χ4v) is 2.92. The number of nitrogens with zero attached hydrogens (tertiary/aromatic N) is 1. The van der Waals surface area contributed by atoms with Gasteiger partial charge >= 0.3 is 0 Å². The van der Waals surface area contributed by atoms with Crippen molar-refractivity contribution in [3.05, 3.63) is 29.8 Å². The number of nitrogens with one attached hydrogen (secondary N) is 1. The minimum absolute atomic E-state index is 0.0651. The number of rotatable bonds is 6. The monoisotopic (exact) mass is 348 g/mol. The van der Waals surface area contributed by atoms with Crippen molar-refractivity contribution in [3.63, 3.8) is 0 Å². The molecule has 2 rings (SSSR count). The van der Waals surface area contributed by atoms with Gasteiger partial charge in [0.25, 0.3) is 0 Å². The molecular formula is C19H28N2O4. The van der Waals surface area contributed by atoms with Crippen LogP contribution in [0.15, 0.2) is 24.3 Å². The molecule has 1 aliphatic rings. The average molecular weight is 348 g/mol. The molecular weight excluding hydrogens is 320 g/mol. The molecule has 1 fully saturated rings. The van der Waals surface area contributed by atoms with E-state index < -0.39 is 11.5 Å². The first-order chi connectivity index (χ1) is 11.8. The molecule has 0 radical (unpaired) electrons. The minimum Gasteiger partial charge on any atom is -0.496 e. The molecule has 0 saturated carbocycles. The lowest BCUT2D eigenvalue weighted by Crippen LogP contribution is -2.52. The van der Waals surface area contributed by atoms with E-state index in [-0.39, 0.29) is 11.8 Å². The fourth-order valence-electron chi connectivity index (χ4n) is 2.92. The number of ether oxygens (including phenoxy) is 2. The summed E-state index contributed by atoms with van der Waals surface area (Å²) in [4.78, 5) is 26.9. The third-order valence-corrected chi connectivity index (χ3v) is 4.48. The Bertz CT molecular complexity index is 609. The minimum atomic E-state index is -0.659. The standard InChI is InChI=1S/C19H28N2O4/c1-14(17(22)21-9-11-25-12-10-21)20-18(23)19(2,3)13-15-7-5-6-8-16(15)24-4/h5-8,14H,9-13H2,1-4H3,(H,20,23). The van der Waals surface area contributed by atoms with E-state index in [0.29, 0.717) is 32.7 Å². The van der Waals surface area contributed by atoms with Crippen LogP contribution in [0.1, 0.15) is 26.3 Å². The molecule has 1 atom stereocenters. The number of para-hydroxylation sites is 1. The summed E-state index contributed by atoms with van der Waals surface area (Å²) in [5.41, 5.74) is 0.311. The summed E-state index contributed by atoms with van der Waals surface area (Å²) < 4.78 is 10.6. The summed E-state index contributed by atoms with van der Waals surface area (Å²) in [6.45, 7) is 7.72. The molecule has 1 heterocycles. The first-order valence-electron chi connectivity index (χ1n) is 8.64. The van der Waals surface area contributed by atoms with E-state index in [2.05, 4.69) is 5.32 Å². The van der Waals surface area contributed by atoms with Crippen LogP contribution in [-0.4, -0.2) is 56.2 Å². The number of amides is 2. The number of morpholine rings is 1. The largest absolute Gasteiger partial charge is 0.496 e. The van der Waals surface area contributed by atoms with Crippen LogP contribution in [0.25, 0.3) is 0 Å². The van der Waals surface area contributed by atoms with Crippen molar-refractivity contribution in [1.29, 1.82) is 0 Å².